The number of rotatable bonds is 2. The molecule has 1 rings (SSSR count). The lowest BCUT2D eigenvalue weighted by Crippen LogP contribution is -2.24. The van der Waals surface area contributed by atoms with E-state index in [1.54, 1.807) is 18.2 Å². The van der Waals surface area contributed by atoms with Crippen molar-refractivity contribution in [1.29, 1.82) is 0 Å². The Kier molecular flexibility index (Phi) is 4.94. The normalized spacial score (nSPS) is 10.4. The molecule has 0 bridgehead atoms. The van der Waals surface area contributed by atoms with Crippen molar-refractivity contribution >= 4 is 5.97 Å². The second kappa shape index (κ2) is 6.23. The molecule has 0 unspecified atom stereocenters. The third kappa shape index (κ3) is 4.60. The summed E-state index contributed by atoms with van der Waals surface area (Å²) in [5.41, 5.74) is 0.556. The summed E-state index contributed by atoms with van der Waals surface area (Å²) in [4.78, 5) is 12.0. The highest BCUT2D eigenvalue weighted by Crippen LogP contribution is 2.14. The van der Waals surface area contributed by atoms with Crippen molar-refractivity contribution in [2.45, 2.75) is 32.8 Å². The second-order valence-electron chi connectivity index (χ2n) is 4.82. The van der Waals surface area contributed by atoms with Crippen LogP contribution in [0.1, 0.15) is 43.1 Å². The molecule has 3 heteroatoms. The number of carbonyl (C=O) groups excluding carboxylic acids is 1. The minimum absolute atomic E-state index is 0.0155. The molecule has 1 aromatic carbocycles. The van der Waals surface area contributed by atoms with E-state index in [1.807, 2.05) is 26.8 Å². The topological polar surface area (TPSA) is 46.5 Å². The van der Waals surface area contributed by atoms with Gasteiger partial charge in [-0.15, -0.1) is 0 Å². The lowest BCUT2D eigenvalue weighted by atomic mass is 10.1. The van der Waals surface area contributed by atoms with E-state index in [0.717, 1.165) is 0 Å². The Labute approximate surface area is 108 Å². The highest BCUT2D eigenvalue weighted by Gasteiger charge is 2.19. The van der Waals surface area contributed by atoms with Gasteiger partial charge in [0.25, 0.3) is 0 Å². The molecular formula is C15H18O3. The molecule has 3 nitrogen and oxygen atoms in total. The van der Waals surface area contributed by atoms with Crippen LogP contribution in [0.3, 0.4) is 0 Å². The third-order valence-electron chi connectivity index (χ3n) is 2.01. The van der Waals surface area contributed by atoms with E-state index in [9.17, 15) is 4.79 Å². The number of aliphatic hydroxyl groups excluding tert-OH is 1. The Morgan fingerprint density at radius 3 is 2.61 bits per heavy atom. The van der Waals surface area contributed by atoms with Gasteiger partial charge in [0.2, 0.25) is 0 Å². The molecule has 0 fully saturated rings. The lowest BCUT2D eigenvalue weighted by Gasteiger charge is -2.19. The fourth-order valence-corrected chi connectivity index (χ4v) is 1.32. The van der Waals surface area contributed by atoms with E-state index in [4.69, 9.17) is 9.84 Å². The van der Waals surface area contributed by atoms with Crippen LogP contribution in [0.15, 0.2) is 24.3 Å². The molecule has 0 spiro atoms. The number of aliphatic hydroxyl groups is 1. The van der Waals surface area contributed by atoms with Gasteiger partial charge in [-0.2, -0.15) is 0 Å². The van der Waals surface area contributed by atoms with Crippen molar-refractivity contribution < 1.29 is 14.6 Å². The van der Waals surface area contributed by atoms with Crippen molar-refractivity contribution in [3.8, 4) is 11.8 Å². The van der Waals surface area contributed by atoms with Crippen LogP contribution in [-0.4, -0.2) is 23.3 Å². The Balaban J connectivity index is 2.96. The summed E-state index contributed by atoms with van der Waals surface area (Å²) < 4.78 is 5.31. The van der Waals surface area contributed by atoms with Gasteiger partial charge in [0.1, 0.15) is 5.60 Å². The van der Waals surface area contributed by atoms with Gasteiger partial charge < -0.3 is 9.84 Å². The molecular weight excluding hydrogens is 228 g/mol. The monoisotopic (exact) mass is 246 g/mol. The summed E-state index contributed by atoms with van der Waals surface area (Å²) in [6.45, 7) is 5.49. The fraction of sp³-hybridized carbons (Fsp3) is 0.400. The average Bonchev–Trinajstić information content (AvgIpc) is 2.27. The number of hydrogen-bond acceptors (Lipinski definition) is 3. The highest BCUT2D eigenvalue weighted by molar-refractivity contribution is 5.92. The smallest absolute Gasteiger partial charge is 0.339 e. The van der Waals surface area contributed by atoms with Gasteiger partial charge in [0, 0.05) is 12.0 Å². The molecule has 0 aliphatic carbocycles. The molecule has 1 N–H and O–H groups in total. The van der Waals surface area contributed by atoms with Crippen molar-refractivity contribution in [2.24, 2.45) is 0 Å². The van der Waals surface area contributed by atoms with Gasteiger partial charge in [-0.3, -0.25) is 0 Å². The molecule has 0 saturated heterocycles. The largest absolute Gasteiger partial charge is 0.456 e. The van der Waals surface area contributed by atoms with Gasteiger partial charge in [-0.25, -0.2) is 4.79 Å². The van der Waals surface area contributed by atoms with E-state index in [1.165, 1.54) is 0 Å². The highest BCUT2D eigenvalue weighted by atomic mass is 16.6. The first-order chi connectivity index (χ1) is 8.44. The van der Waals surface area contributed by atoms with Crippen LogP contribution in [0.5, 0.6) is 0 Å². The molecule has 96 valence electrons. The maximum atomic E-state index is 12.0. The molecule has 0 aliphatic rings. The molecule has 0 saturated carbocycles. The van der Waals surface area contributed by atoms with Crippen molar-refractivity contribution in [2.75, 3.05) is 6.61 Å². The first-order valence-corrected chi connectivity index (χ1v) is 5.86. The zero-order valence-electron chi connectivity index (χ0n) is 11.0. The van der Waals surface area contributed by atoms with Gasteiger partial charge in [-0.05, 0) is 32.9 Å². The van der Waals surface area contributed by atoms with Crippen LogP contribution >= 0.6 is 0 Å². The van der Waals surface area contributed by atoms with Crippen molar-refractivity contribution in [3.63, 3.8) is 0 Å². The zero-order chi connectivity index (χ0) is 13.6. The SMILES string of the molecule is CC(C)(C)OC(=O)c1ccccc1C#CCCO. The molecule has 0 aliphatic heterocycles. The van der Waals surface area contributed by atoms with E-state index in [0.29, 0.717) is 17.5 Å². The van der Waals surface area contributed by atoms with Crippen molar-refractivity contribution in [3.05, 3.63) is 35.4 Å². The van der Waals surface area contributed by atoms with Gasteiger partial charge in [-0.1, -0.05) is 24.0 Å². The summed E-state index contributed by atoms with van der Waals surface area (Å²) in [6, 6.07) is 7.05. The van der Waals surface area contributed by atoms with Crippen molar-refractivity contribution in [1.82, 2.24) is 0 Å². The molecule has 0 atom stereocenters. The first kappa shape index (κ1) is 14.3. The Morgan fingerprint density at radius 2 is 2.00 bits per heavy atom. The van der Waals surface area contributed by atoms with E-state index < -0.39 is 5.60 Å². The first-order valence-electron chi connectivity index (χ1n) is 5.86. The third-order valence-corrected chi connectivity index (χ3v) is 2.01. The fourth-order valence-electron chi connectivity index (χ4n) is 1.32. The molecule has 0 aromatic heterocycles. The summed E-state index contributed by atoms with van der Waals surface area (Å²) in [6.07, 6.45) is 0.392. The van der Waals surface area contributed by atoms with Crippen LogP contribution in [0.4, 0.5) is 0 Å². The van der Waals surface area contributed by atoms with Gasteiger partial charge in [0.15, 0.2) is 0 Å². The van der Waals surface area contributed by atoms with Gasteiger partial charge in [0.05, 0.1) is 12.2 Å². The van der Waals surface area contributed by atoms with E-state index >= 15 is 0 Å². The minimum atomic E-state index is -0.525. The molecule has 0 radical (unpaired) electrons. The van der Waals surface area contributed by atoms with Crippen LogP contribution < -0.4 is 0 Å². The Hall–Kier alpha value is -1.79. The summed E-state index contributed by atoms with van der Waals surface area (Å²) in [7, 11) is 0. The quantitative estimate of drug-likeness (QED) is 0.643. The number of ether oxygens (including phenoxy) is 1. The van der Waals surface area contributed by atoms with E-state index in [2.05, 4.69) is 11.8 Å². The lowest BCUT2D eigenvalue weighted by molar-refractivity contribution is 0.00693. The zero-order valence-corrected chi connectivity index (χ0v) is 11.0. The van der Waals surface area contributed by atoms with Crippen LogP contribution in [0.25, 0.3) is 0 Å². The predicted molar refractivity (Wildman–Crippen MR) is 70.2 cm³/mol. The second-order valence-corrected chi connectivity index (χ2v) is 4.82. The summed E-state index contributed by atoms with van der Waals surface area (Å²) >= 11 is 0. The van der Waals surface area contributed by atoms with Crippen LogP contribution in [0.2, 0.25) is 0 Å². The molecule has 1 aromatic rings. The number of esters is 1. The number of hydrogen-bond donors (Lipinski definition) is 1. The maximum Gasteiger partial charge on any atom is 0.339 e. The summed E-state index contributed by atoms with van der Waals surface area (Å²) in [5.74, 6) is 5.29. The van der Waals surface area contributed by atoms with E-state index in [-0.39, 0.29) is 12.6 Å². The number of carbonyl (C=O) groups is 1. The standard InChI is InChI=1S/C15H18O3/c1-15(2,3)18-14(17)13-10-5-4-8-12(13)9-6-7-11-16/h4-5,8,10,16H,7,11H2,1-3H3. The maximum absolute atomic E-state index is 12.0. The predicted octanol–water partition coefficient (Wildman–Crippen LogP) is 2.38. The average molecular weight is 246 g/mol. The molecule has 0 amide bonds. The van der Waals surface area contributed by atoms with Crippen LogP contribution in [0, 0.1) is 11.8 Å². The van der Waals surface area contributed by atoms with Crippen LogP contribution in [-0.2, 0) is 4.74 Å². The number of benzene rings is 1. The summed E-state index contributed by atoms with van der Waals surface area (Å²) in [5, 5.41) is 8.68. The van der Waals surface area contributed by atoms with Gasteiger partial charge >= 0.3 is 5.97 Å². The Morgan fingerprint density at radius 1 is 1.33 bits per heavy atom. The Bertz CT molecular complexity index is 472. The molecule has 18 heavy (non-hydrogen) atoms. The minimum Gasteiger partial charge on any atom is -0.456 e. The molecule has 0 heterocycles.